The zero-order chi connectivity index (χ0) is 0. The fourth-order valence-corrected chi connectivity index (χ4v) is 0. The van der Waals surface area contributed by atoms with Crippen LogP contribution in [0, 0.1) is 0 Å². The molecule has 0 radical (unpaired) electrons. The van der Waals surface area contributed by atoms with Crippen molar-refractivity contribution >= 4 is 68.9 Å². The van der Waals surface area contributed by atoms with Crippen molar-refractivity contribution in [1.82, 2.24) is 0 Å². The quantitative estimate of drug-likeness (QED) is 0.392. The molecule has 24 N–H and O–H groups in total. The van der Waals surface area contributed by atoms with Crippen molar-refractivity contribution < 1.29 is 65.7 Å². The van der Waals surface area contributed by atoms with Gasteiger partial charge in [-0.25, -0.2) is 0 Å². The summed E-state index contributed by atoms with van der Waals surface area (Å²) >= 11 is 0. The Kier molecular flexibility index (Phi) is 72500. The summed E-state index contributed by atoms with van der Waals surface area (Å²) in [5, 5.41) is 0. The molecule has 13 heavy (non-hydrogen) atoms. The summed E-state index contributed by atoms with van der Waals surface area (Å²) in [5.74, 6) is 0. The van der Waals surface area contributed by atoms with Crippen LogP contribution in [0.4, 0.5) is 0 Å². The zero-order valence-corrected chi connectivity index (χ0v) is 6.00. The molecule has 0 aliphatic carbocycles. The van der Waals surface area contributed by atoms with Crippen LogP contribution in [0.15, 0.2) is 0 Å². The van der Waals surface area contributed by atoms with Gasteiger partial charge in [-0.2, -0.15) is 0 Å². The van der Waals surface area contributed by atoms with Gasteiger partial charge in [-0.15, -0.1) is 0 Å². The van der Waals surface area contributed by atoms with Gasteiger partial charge in [0, 0.05) is 0 Å². The molecule has 0 aliphatic heterocycles. The first-order valence-corrected chi connectivity index (χ1v) is 0. The van der Waals surface area contributed by atoms with Crippen molar-refractivity contribution in [2.45, 2.75) is 0 Å². The van der Waals surface area contributed by atoms with Gasteiger partial charge in [0.25, 0.3) is 0 Å². The molecule has 0 spiro atoms. The molecule has 13 heteroatoms. The van der Waals surface area contributed by atoms with Crippen LogP contribution in [0.2, 0.25) is 0 Å². The van der Waals surface area contributed by atoms with Crippen LogP contribution in [-0.2, 0) is 0 Å². The van der Waals surface area contributed by atoms with Crippen molar-refractivity contribution in [1.29, 1.82) is 0 Å². The molecular formula is H25CsO12. The van der Waals surface area contributed by atoms with E-state index < -0.39 is 0 Å². The van der Waals surface area contributed by atoms with E-state index in [-0.39, 0.29) is 135 Å². The Morgan fingerprint density at radius 2 is 0.154 bits per heavy atom. The Labute approximate surface area is 132 Å². The Balaban J connectivity index is 0. The van der Waals surface area contributed by atoms with Gasteiger partial charge >= 0.3 is 68.9 Å². The SMILES string of the molecule is O.O.O.O.O.O.O.O.O.O.O.O.[CsH]. The minimum atomic E-state index is 0. The second-order valence-corrected chi connectivity index (χ2v) is 0. The van der Waals surface area contributed by atoms with Gasteiger partial charge in [0.2, 0.25) is 0 Å². The van der Waals surface area contributed by atoms with Gasteiger partial charge in [-0.3, -0.25) is 0 Å². The van der Waals surface area contributed by atoms with Gasteiger partial charge in [-0.1, -0.05) is 0 Å². The van der Waals surface area contributed by atoms with Crippen LogP contribution < -0.4 is 0 Å². The standard InChI is InChI=1S/Cs.12H2O.H/h;12*1H2;. The van der Waals surface area contributed by atoms with Crippen LogP contribution in [0.25, 0.3) is 0 Å². The third kappa shape index (κ3) is 735. The number of hydrogen-bond acceptors (Lipinski definition) is 0. The summed E-state index contributed by atoms with van der Waals surface area (Å²) in [4.78, 5) is 0. The molecule has 0 fully saturated rings. The third-order valence-electron chi connectivity index (χ3n) is 0. The van der Waals surface area contributed by atoms with E-state index in [2.05, 4.69) is 0 Å². The van der Waals surface area contributed by atoms with Crippen LogP contribution in [0.5, 0.6) is 0 Å². The molecule has 0 atom stereocenters. The Morgan fingerprint density at radius 1 is 0.154 bits per heavy atom. The molecule has 98 valence electrons. The summed E-state index contributed by atoms with van der Waals surface area (Å²) in [6.45, 7) is 0. The molecule has 0 saturated heterocycles. The minimum absolute atomic E-state index is 0. The van der Waals surface area contributed by atoms with Gasteiger partial charge < -0.3 is 65.7 Å². The molecule has 12 nitrogen and oxygen atoms in total. The first-order valence-electron chi connectivity index (χ1n) is 0. The third-order valence-corrected chi connectivity index (χ3v) is 0. The fraction of sp³-hybridized carbons (Fsp3) is 0. The average molecular weight is 350 g/mol. The second kappa shape index (κ2) is 868. The summed E-state index contributed by atoms with van der Waals surface area (Å²) in [5.41, 5.74) is 0. The van der Waals surface area contributed by atoms with E-state index in [1.54, 1.807) is 0 Å². The molecule has 0 saturated carbocycles. The summed E-state index contributed by atoms with van der Waals surface area (Å²) in [7, 11) is 0. The van der Waals surface area contributed by atoms with Crippen LogP contribution in [0.1, 0.15) is 0 Å². The van der Waals surface area contributed by atoms with E-state index in [4.69, 9.17) is 0 Å². The molecule has 0 aromatic heterocycles. The Bertz CT molecular complexity index is 5.09. The molecule has 0 aromatic rings. The summed E-state index contributed by atoms with van der Waals surface area (Å²) in [6.07, 6.45) is 0. The van der Waals surface area contributed by atoms with E-state index >= 15 is 0 Å². The number of rotatable bonds is 0. The topological polar surface area (TPSA) is 378 Å². The van der Waals surface area contributed by atoms with Crippen LogP contribution >= 0.6 is 0 Å². The van der Waals surface area contributed by atoms with Crippen LogP contribution in [0.3, 0.4) is 0 Å². The molecule has 0 rings (SSSR count). The van der Waals surface area contributed by atoms with Gasteiger partial charge in [-0.05, 0) is 0 Å². The van der Waals surface area contributed by atoms with Gasteiger partial charge in [0.15, 0.2) is 0 Å². The van der Waals surface area contributed by atoms with Crippen molar-refractivity contribution in [3.8, 4) is 0 Å². The molecule has 0 aliphatic rings. The van der Waals surface area contributed by atoms with E-state index in [9.17, 15) is 0 Å². The average Bonchev–Trinajstić information content (AvgIpc) is 0. The predicted octanol–water partition coefficient (Wildman–Crippen LogP) is -10.5. The second-order valence-electron chi connectivity index (χ2n) is 0. The van der Waals surface area contributed by atoms with Crippen LogP contribution in [-0.4, -0.2) is 135 Å². The molecule has 0 amide bonds. The molecule has 0 bridgehead atoms. The zero-order valence-electron chi connectivity index (χ0n) is 6.00. The van der Waals surface area contributed by atoms with Crippen molar-refractivity contribution in [2.24, 2.45) is 0 Å². The summed E-state index contributed by atoms with van der Waals surface area (Å²) in [6, 6.07) is 0. The fourth-order valence-electron chi connectivity index (χ4n) is 0. The predicted molar refractivity (Wildman–Crippen MR) is 50.5 cm³/mol. The molecular weight excluding hydrogens is 325 g/mol. The number of hydrogen-bond donors (Lipinski definition) is 0. The first kappa shape index (κ1) is 1090. The van der Waals surface area contributed by atoms with E-state index in [0.29, 0.717) is 0 Å². The Hall–Kier alpha value is 1.57. The maximum atomic E-state index is 0. The van der Waals surface area contributed by atoms with Gasteiger partial charge in [0.1, 0.15) is 0 Å². The van der Waals surface area contributed by atoms with Crippen molar-refractivity contribution in [3.05, 3.63) is 0 Å². The summed E-state index contributed by atoms with van der Waals surface area (Å²) < 4.78 is 0. The van der Waals surface area contributed by atoms with E-state index in [1.165, 1.54) is 0 Å². The maximum absolute atomic E-state index is 0. The van der Waals surface area contributed by atoms with E-state index in [1.807, 2.05) is 0 Å². The molecule has 0 heterocycles. The van der Waals surface area contributed by atoms with Crippen molar-refractivity contribution in [2.75, 3.05) is 0 Å². The van der Waals surface area contributed by atoms with Crippen molar-refractivity contribution in [3.63, 3.8) is 0 Å². The molecule has 0 aromatic carbocycles. The van der Waals surface area contributed by atoms with Gasteiger partial charge in [0.05, 0.1) is 0 Å². The monoisotopic (exact) mass is 350 g/mol. The first-order chi connectivity index (χ1) is 0. The van der Waals surface area contributed by atoms with E-state index in [0.717, 1.165) is 0 Å². The molecule has 0 unspecified atom stereocenters. The normalized spacial score (nSPS) is 0. The Morgan fingerprint density at radius 3 is 0.154 bits per heavy atom.